The van der Waals surface area contributed by atoms with Crippen molar-refractivity contribution in [3.8, 4) is 0 Å². The highest BCUT2D eigenvalue weighted by molar-refractivity contribution is 6.00. The molecule has 1 saturated carbocycles. The molecule has 2 rings (SSSR count). The smallest absolute Gasteiger partial charge is 0.256 e. The number of carbonyl (C=O) groups excluding carboxylic acids is 2. The minimum atomic E-state index is -0.861. The zero-order valence-corrected chi connectivity index (χ0v) is 12.3. The Labute approximate surface area is 123 Å². The minimum Gasteiger partial charge on any atom is -0.345 e. The van der Waals surface area contributed by atoms with Gasteiger partial charge in [0.25, 0.3) is 5.91 Å². The van der Waals surface area contributed by atoms with Crippen molar-refractivity contribution in [3.05, 3.63) is 29.6 Å². The second-order valence-electron chi connectivity index (χ2n) is 5.71. The van der Waals surface area contributed by atoms with E-state index in [-0.39, 0.29) is 11.5 Å². The number of nitrogens with zero attached hydrogens (tertiary/aromatic N) is 1. The van der Waals surface area contributed by atoms with Crippen LogP contribution in [0.25, 0.3) is 0 Å². The molecule has 0 unspecified atom stereocenters. The Morgan fingerprint density at radius 3 is 2.48 bits per heavy atom. The molecule has 1 aliphatic rings. The highest BCUT2D eigenvalue weighted by Crippen LogP contribution is 2.28. The summed E-state index contributed by atoms with van der Waals surface area (Å²) in [6, 6.07) is 3.94. The third-order valence-corrected chi connectivity index (χ3v) is 3.81. The lowest BCUT2D eigenvalue weighted by molar-refractivity contribution is -0.121. The van der Waals surface area contributed by atoms with Gasteiger partial charge in [0, 0.05) is 19.8 Å². The summed E-state index contributed by atoms with van der Waals surface area (Å²) in [5.74, 6) is -1.35. The topological polar surface area (TPSA) is 75.4 Å². The van der Waals surface area contributed by atoms with Gasteiger partial charge in [-0.15, -0.1) is 0 Å². The number of rotatable bonds is 3. The predicted molar refractivity (Wildman–Crippen MR) is 78.4 cm³/mol. The van der Waals surface area contributed by atoms with E-state index in [2.05, 4.69) is 5.32 Å². The van der Waals surface area contributed by atoms with Gasteiger partial charge >= 0.3 is 0 Å². The van der Waals surface area contributed by atoms with Gasteiger partial charge in [-0.3, -0.25) is 9.59 Å². The molecule has 1 aromatic rings. The summed E-state index contributed by atoms with van der Waals surface area (Å²) in [5.41, 5.74) is 5.51. The summed E-state index contributed by atoms with van der Waals surface area (Å²) in [7, 11) is 3.08. The third-order valence-electron chi connectivity index (χ3n) is 3.81. The van der Waals surface area contributed by atoms with Crippen LogP contribution in [0.4, 0.5) is 10.1 Å². The molecule has 0 atom stereocenters. The molecule has 21 heavy (non-hydrogen) atoms. The maximum atomic E-state index is 13.7. The first-order valence-electron chi connectivity index (χ1n) is 6.95. The summed E-state index contributed by atoms with van der Waals surface area (Å²) < 4.78 is 13.7. The van der Waals surface area contributed by atoms with E-state index in [4.69, 9.17) is 5.73 Å². The lowest BCUT2D eigenvalue weighted by Gasteiger charge is -2.22. The lowest BCUT2D eigenvalue weighted by Crippen LogP contribution is -2.48. The Balaban J connectivity index is 2.19. The fourth-order valence-electron chi connectivity index (χ4n) is 2.50. The van der Waals surface area contributed by atoms with E-state index in [0.29, 0.717) is 18.5 Å². The van der Waals surface area contributed by atoms with E-state index in [1.165, 1.54) is 23.1 Å². The van der Waals surface area contributed by atoms with Gasteiger partial charge in [-0.05, 0) is 31.0 Å². The second kappa shape index (κ2) is 5.81. The highest BCUT2D eigenvalue weighted by Gasteiger charge is 2.37. The van der Waals surface area contributed by atoms with Crippen molar-refractivity contribution in [2.45, 2.75) is 31.2 Å². The van der Waals surface area contributed by atoms with Crippen molar-refractivity contribution in [2.24, 2.45) is 5.73 Å². The SMILES string of the molecule is CN(C)C(=O)c1cc(NC(=O)C2(N)CCCC2)ccc1F. The highest BCUT2D eigenvalue weighted by atomic mass is 19.1. The van der Waals surface area contributed by atoms with Crippen LogP contribution in [-0.4, -0.2) is 36.3 Å². The molecule has 3 N–H and O–H groups in total. The van der Waals surface area contributed by atoms with Crippen LogP contribution in [0.3, 0.4) is 0 Å². The summed E-state index contributed by atoms with van der Waals surface area (Å²) >= 11 is 0. The zero-order chi connectivity index (χ0) is 15.6. The maximum Gasteiger partial charge on any atom is 0.256 e. The number of carbonyl (C=O) groups is 2. The average Bonchev–Trinajstić information content (AvgIpc) is 2.88. The minimum absolute atomic E-state index is 0.0738. The molecule has 0 radical (unpaired) electrons. The number of hydrogen-bond acceptors (Lipinski definition) is 3. The van der Waals surface area contributed by atoms with E-state index < -0.39 is 17.3 Å². The molecule has 0 saturated heterocycles. The Bertz CT molecular complexity index is 566. The van der Waals surface area contributed by atoms with Crippen molar-refractivity contribution in [1.82, 2.24) is 4.90 Å². The lowest BCUT2D eigenvalue weighted by atomic mass is 9.98. The van der Waals surface area contributed by atoms with Crippen molar-refractivity contribution in [1.29, 1.82) is 0 Å². The van der Waals surface area contributed by atoms with Crippen LogP contribution in [0.15, 0.2) is 18.2 Å². The van der Waals surface area contributed by atoms with Gasteiger partial charge < -0.3 is 16.0 Å². The van der Waals surface area contributed by atoms with Crippen molar-refractivity contribution in [2.75, 3.05) is 19.4 Å². The molecule has 0 bridgehead atoms. The van der Waals surface area contributed by atoms with Crippen LogP contribution >= 0.6 is 0 Å². The van der Waals surface area contributed by atoms with Gasteiger partial charge in [0.15, 0.2) is 0 Å². The van der Waals surface area contributed by atoms with Crippen molar-refractivity contribution in [3.63, 3.8) is 0 Å². The third kappa shape index (κ3) is 3.21. The Hall–Kier alpha value is -1.95. The number of benzene rings is 1. The quantitative estimate of drug-likeness (QED) is 0.891. The van der Waals surface area contributed by atoms with Crippen molar-refractivity contribution >= 4 is 17.5 Å². The number of nitrogens with one attached hydrogen (secondary N) is 1. The molecule has 6 heteroatoms. The fourth-order valence-corrected chi connectivity index (χ4v) is 2.50. The molecule has 1 fully saturated rings. The van der Waals surface area contributed by atoms with E-state index in [9.17, 15) is 14.0 Å². The Kier molecular flexibility index (Phi) is 4.27. The number of halogens is 1. The molecule has 1 aromatic carbocycles. The van der Waals surface area contributed by atoms with Crippen LogP contribution in [0.5, 0.6) is 0 Å². The number of amides is 2. The van der Waals surface area contributed by atoms with E-state index >= 15 is 0 Å². The van der Waals surface area contributed by atoms with Gasteiger partial charge in [0.05, 0.1) is 11.1 Å². The number of nitrogens with two attached hydrogens (primary N) is 1. The molecule has 1 aliphatic carbocycles. The molecule has 5 nitrogen and oxygen atoms in total. The number of anilines is 1. The monoisotopic (exact) mass is 293 g/mol. The van der Waals surface area contributed by atoms with Gasteiger partial charge in [-0.1, -0.05) is 12.8 Å². The van der Waals surface area contributed by atoms with Crippen LogP contribution in [-0.2, 0) is 4.79 Å². The molecule has 0 aliphatic heterocycles. The molecule has 0 heterocycles. The summed E-state index contributed by atoms with van der Waals surface area (Å²) in [5, 5.41) is 2.68. The first-order chi connectivity index (χ1) is 9.83. The maximum absolute atomic E-state index is 13.7. The van der Waals surface area contributed by atoms with Gasteiger partial charge in [0.1, 0.15) is 5.82 Å². The standard InChI is InChI=1S/C15H20FN3O2/c1-19(2)13(20)11-9-10(5-6-12(11)16)18-14(21)15(17)7-3-4-8-15/h5-6,9H,3-4,7-8,17H2,1-2H3,(H,18,21). The Morgan fingerprint density at radius 1 is 1.29 bits per heavy atom. The fraction of sp³-hybridized carbons (Fsp3) is 0.467. The average molecular weight is 293 g/mol. The largest absolute Gasteiger partial charge is 0.345 e. The van der Waals surface area contributed by atoms with Gasteiger partial charge in [0.2, 0.25) is 5.91 Å². The van der Waals surface area contributed by atoms with E-state index in [1.807, 2.05) is 0 Å². The zero-order valence-electron chi connectivity index (χ0n) is 12.3. The van der Waals surface area contributed by atoms with Gasteiger partial charge in [-0.2, -0.15) is 0 Å². The first kappa shape index (κ1) is 15.4. The van der Waals surface area contributed by atoms with Crippen LogP contribution < -0.4 is 11.1 Å². The number of hydrogen-bond donors (Lipinski definition) is 2. The molecule has 0 aromatic heterocycles. The summed E-state index contributed by atoms with van der Waals surface area (Å²) in [6.07, 6.45) is 3.14. The van der Waals surface area contributed by atoms with Crippen LogP contribution in [0.2, 0.25) is 0 Å². The first-order valence-corrected chi connectivity index (χ1v) is 6.95. The Morgan fingerprint density at radius 2 is 1.90 bits per heavy atom. The van der Waals surface area contributed by atoms with Crippen LogP contribution in [0, 0.1) is 5.82 Å². The van der Waals surface area contributed by atoms with Crippen molar-refractivity contribution < 1.29 is 14.0 Å². The summed E-state index contributed by atoms with van der Waals surface area (Å²) in [6.45, 7) is 0. The normalized spacial score (nSPS) is 16.6. The van der Waals surface area contributed by atoms with Gasteiger partial charge in [-0.25, -0.2) is 4.39 Å². The predicted octanol–water partition coefficient (Wildman–Crippen LogP) is 1.74. The molecular weight excluding hydrogens is 273 g/mol. The van der Waals surface area contributed by atoms with E-state index in [1.54, 1.807) is 14.1 Å². The molecule has 2 amide bonds. The molecule has 0 spiro atoms. The molecular formula is C15H20FN3O2. The molecule has 114 valence electrons. The summed E-state index contributed by atoms with van der Waals surface area (Å²) in [4.78, 5) is 25.4. The second-order valence-corrected chi connectivity index (χ2v) is 5.71. The van der Waals surface area contributed by atoms with Crippen LogP contribution in [0.1, 0.15) is 36.0 Å². The van der Waals surface area contributed by atoms with E-state index in [0.717, 1.165) is 12.8 Å².